The summed E-state index contributed by atoms with van der Waals surface area (Å²) in [4.78, 5) is 2.58. The summed E-state index contributed by atoms with van der Waals surface area (Å²) in [5.74, 6) is 0.882. The normalized spacial score (nSPS) is 17.9. The Hall–Kier alpha value is -1.32. The summed E-state index contributed by atoms with van der Waals surface area (Å²) in [7, 11) is 2.13. The van der Waals surface area contributed by atoms with Crippen LogP contribution in [0, 0.1) is 5.92 Å². The van der Waals surface area contributed by atoms with E-state index < -0.39 is 0 Å². The average Bonchev–Trinajstić information content (AvgIpc) is 2.74. The summed E-state index contributed by atoms with van der Waals surface area (Å²) in [6.07, 6.45) is 2.64. The number of para-hydroxylation sites is 1. The number of nitrogens with two attached hydrogens (primary N) is 1. The van der Waals surface area contributed by atoms with Gasteiger partial charge in [-0.15, -0.1) is 0 Å². The van der Waals surface area contributed by atoms with Crippen molar-refractivity contribution in [1.82, 2.24) is 9.47 Å². The van der Waals surface area contributed by atoms with Gasteiger partial charge in [-0.3, -0.25) is 4.90 Å². The van der Waals surface area contributed by atoms with Crippen molar-refractivity contribution in [2.75, 3.05) is 13.1 Å². The molecule has 0 radical (unpaired) electrons. The summed E-state index contributed by atoms with van der Waals surface area (Å²) in [6.45, 7) is 6.45. The topological polar surface area (TPSA) is 34.2 Å². The molecule has 0 bridgehead atoms. The van der Waals surface area contributed by atoms with Gasteiger partial charge in [-0.2, -0.15) is 0 Å². The van der Waals surface area contributed by atoms with Gasteiger partial charge in [0.05, 0.1) is 0 Å². The SMILES string of the molecule is CC1CCN(Cc2c(CN)n(C)c3ccccc23)CC1. The zero-order chi connectivity index (χ0) is 14.1. The van der Waals surface area contributed by atoms with Crippen LogP contribution >= 0.6 is 0 Å². The Balaban J connectivity index is 1.94. The van der Waals surface area contributed by atoms with E-state index in [1.807, 2.05) is 0 Å². The third-order valence-electron chi connectivity index (χ3n) is 4.80. The standard InChI is InChI=1S/C17H25N3/c1-13-7-9-20(10-8-13)12-15-14-5-3-4-6-16(14)19(2)17(15)11-18/h3-6,13H,7-12,18H2,1-2H3. The monoisotopic (exact) mass is 271 g/mol. The second-order valence-electron chi connectivity index (χ2n) is 6.16. The number of fused-ring (bicyclic) bond motifs is 1. The Morgan fingerprint density at radius 1 is 1.20 bits per heavy atom. The number of hydrogen-bond donors (Lipinski definition) is 1. The summed E-state index contributed by atoms with van der Waals surface area (Å²) in [5.41, 5.74) is 10.0. The van der Waals surface area contributed by atoms with E-state index in [2.05, 4.69) is 47.7 Å². The van der Waals surface area contributed by atoms with Crippen molar-refractivity contribution in [2.45, 2.75) is 32.9 Å². The number of aryl methyl sites for hydroxylation is 1. The minimum atomic E-state index is 0.616. The van der Waals surface area contributed by atoms with E-state index in [-0.39, 0.29) is 0 Å². The van der Waals surface area contributed by atoms with Crippen LogP contribution in [0.2, 0.25) is 0 Å². The number of hydrogen-bond acceptors (Lipinski definition) is 2. The molecule has 1 saturated heterocycles. The number of benzene rings is 1. The highest BCUT2D eigenvalue weighted by Gasteiger charge is 2.20. The zero-order valence-corrected chi connectivity index (χ0v) is 12.6. The smallest absolute Gasteiger partial charge is 0.0483 e. The summed E-state index contributed by atoms with van der Waals surface area (Å²) < 4.78 is 2.26. The highest BCUT2D eigenvalue weighted by molar-refractivity contribution is 5.85. The van der Waals surface area contributed by atoms with Crippen LogP contribution in [0.15, 0.2) is 24.3 Å². The Morgan fingerprint density at radius 2 is 1.90 bits per heavy atom. The second kappa shape index (κ2) is 5.58. The quantitative estimate of drug-likeness (QED) is 0.931. The predicted molar refractivity (Wildman–Crippen MR) is 84.5 cm³/mol. The molecule has 3 rings (SSSR count). The fourth-order valence-electron chi connectivity index (χ4n) is 3.40. The molecule has 0 atom stereocenters. The van der Waals surface area contributed by atoms with E-state index in [4.69, 9.17) is 5.73 Å². The first kappa shape index (κ1) is 13.7. The highest BCUT2D eigenvalue weighted by atomic mass is 15.1. The van der Waals surface area contributed by atoms with Gasteiger partial charge in [-0.1, -0.05) is 25.1 Å². The molecule has 0 saturated carbocycles. The molecule has 0 unspecified atom stereocenters. The molecule has 0 spiro atoms. The number of likely N-dealkylation sites (tertiary alicyclic amines) is 1. The minimum absolute atomic E-state index is 0.616. The zero-order valence-electron chi connectivity index (χ0n) is 12.6. The molecule has 2 N–H and O–H groups in total. The number of rotatable bonds is 3. The largest absolute Gasteiger partial charge is 0.346 e. The second-order valence-corrected chi connectivity index (χ2v) is 6.16. The van der Waals surface area contributed by atoms with Crippen molar-refractivity contribution in [3.63, 3.8) is 0 Å². The fraction of sp³-hybridized carbons (Fsp3) is 0.529. The van der Waals surface area contributed by atoms with Gasteiger partial charge >= 0.3 is 0 Å². The van der Waals surface area contributed by atoms with E-state index in [0.717, 1.165) is 12.5 Å². The molecule has 1 aromatic carbocycles. The molecular formula is C17H25N3. The van der Waals surface area contributed by atoms with Crippen LogP contribution in [-0.4, -0.2) is 22.6 Å². The number of nitrogens with zero attached hydrogens (tertiary/aromatic N) is 2. The van der Waals surface area contributed by atoms with E-state index >= 15 is 0 Å². The van der Waals surface area contributed by atoms with Crippen LogP contribution in [0.3, 0.4) is 0 Å². The van der Waals surface area contributed by atoms with Crippen LogP contribution in [0.5, 0.6) is 0 Å². The lowest BCUT2D eigenvalue weighted by atomic mass is 9.98. The van der Waals surface area contributed by atoms with Crippen molar-refractivity contribution in [1.29, 1.82) is 0 Å². The molecular weight excluding hydrogens is 246 g/mol. The number of piperidine rings is 1. The third-order valence-corrected chi connectivity index (χ3v) is 4.80. The fourth-order valence-corrected chi connectivity index (χ4v) is 3.40. The van der Waals surface area contributed by atoms with E-state index in [1.165, 1.54) is 48.1 Å². The van der Waals surface area contributed by atoms with Crippen molar-refractivity contribution >= 4 is 10.9 Å². The van der Waals surface area contributed by atoms with Gasteiger partial charge in [0.15, 0.2) is 0 Å². The van der Waals surface area contributed by atoms with Crippen LogP contribution < -0.4 is 5.73 Å². The maximum Gasteiger partial charge on any atom is 0.0483 e. The molecule has 108 valence electrons. The molecule has 0 amide bonds. The van der Waals surface area contributed by atoms with Crippen molar-refractivity contribution in [3.8, 4) is 0 Å². The van der Waals surface area contributed by atoms with Crippen molar-refractivity contribution in [2.24, 2.45) is 18.7 Å². The first-order valence-corrected chi connectivity index (χ1v) is 7.68. The van der Waals surface area contributed by atoms with E-state index in [0.29, 0.717) is 6.54 Å². The maximum absolute atomic E-state index is 6.00. The average molecular weight is 271 g/mol. The van der Waals surface area contributed by atoms with Crippen LogP contribution in [0.25, 0.3) is 10.9 Å². The predicted octanol–water partition coefficient (Wildman–Crippen LogP) is 2.87. The molecule has 1 aliphatic rings. The first-order chi connectivity index (χ1) is 9.70. The van der Waals surface area contributed by atoms with Gasteiger partial charge < -0.3 is 10.3 Å². The third kappa shape index (κ3) is 2.36. The minimum Gasteiger partial charge on any atom is -0.346 e. The summed E-state index contributed by atoms with van der Waals surface area (Å²) >= 11 is 0. The Morgan fingerprint density at radius 3 is 2.60 bits per heavy atom. The van der Waals surface area contributed by atoms with E-state index in [1.54, 1.807) is 0 Å². The summed E-state index contributed by atoms with van der Waals surface area (Å²) in [5, 5.41) is 1.37. The molecule has 1 fully saturated rings. The molecule has 1 aliphatic heterocycles. The molecule has 20 heavy (non-hydrogen) atoms. The maximum atomic E-state index is 6.00. The van der Waals surface area contributed by atoms with Crippen LogP contribution in [0.4, 0.5) is 0 Å². The molecule has 0 aliphatic carbocycles. The Kier molecular flexibility index (Phi) is 3.81. The lowest BCUT2D eigenvalue weighted by Gasteiger charge is -2.30. The molecule has 1 aromatic heterocycles. The van der Waals surface area contributed by atoms with Crippen molar-refractivity contribution < 1.29 is 0 Å². The van der Waals surface area contributed by atoms with E-state index in [9.17, 15) is 0 Å². The van der Waals surface area contributed by atoms with Gasteiger partial charge in [-0.25, -0.2) is 0 Å². The lowest BCUT2D eigenvalue weighted by Crippen LogP contribution is -2.32. The molecule has 3 heteroatoms. The highest BCUT2D eigenvalue weighted by Crippen LogP contribution is 2.28. The van der Waals surface area contributed by atoms with Gasteiger partial charge in [0.1, 0.15) is 0 Å². The molecule has 2 heterocycles. The van der Waals surface area contributed by atoms with Crippen molar-refractivity contribution in [3.05, 3.63) is 35.5 Å². The Bertz CT molecular complexity index is 592. The van der Waals surface area contributed by atoms with Gasteiger partial charge in [0, 0.05) is 36.7 Å². The van der Waals surface area contributed by atoms with Gasteiger partial charge in [0.2, 0.25) is 0 Å². The van der Waals surface area contributed by atoms with Gasteiger partial charge in [0.25, 0.3) is 0 Å². The van der Waals surface area contributed by atoms with Crippen LogP contribution in [0.1, 0.15) is 31.0 Å². The number of aromatic nitrogens is 1. The lowest BCUT2D eigenvalue weighted by molar-refractivity contribution is 0.185. The van der Waals surface area contributed by atoms with Crippen LogP contribution in [-0.2, 0) is 20.1 Å². The molecule has 2 aromatic rings. The first-order valence-electron chi connectivity index (χ1n) is 7.68. The molecule has 3 nitrogen and oxygen atoms in total. The summed E-state index contributed by atoms with van der Waals surface area (Å²) in [6, 6.07) is 8.66. The van der Waals surface area contributed by atoms with Gasteiger partial charge in [-0.05, 0) is 43.5 Å². The Labute approximate surface area is 121 Å².